The lowest BCUT2D eigenvalue weighted by molar-refractivity contribution is 0.593. The van der Waals surface area contributed by atoms with E-state index in [1.165, 1.54) is 11.6 Å². The number of aryl methyl sites for hydroxylation is 1. The quantitative estimate of drug-likeness (QED) is 0.664. The highest BCUT2D eigenvalue weighted by atomic mass is 79.9. The molecule has 0 saturated carbocycles. The van der Waals surface area contributed by atoms with E-state index in [-0.39, 0.29) is 16.2 Å². The first-order valence-corrected chi connectivity index (χ1v) is 7.84. The number of rotatable bonds is 5. The molecule has 4 heteroatoms. The predicted octanol–water partition coefficient (Wildman–Crippen LogP) is 5.85. The van der Waals surface area contributed by atoms with Gasteiger partial charge in [0.1, 0.15) is 11.6 Å². The summed E-state index contributed by atoms with van der Waals surface area (Å²) in [5.41, 5.74) is 2.51. The van der Waals surface area contributed by atoms with Crippen LogP contribution in [0.15, 0.2) is 40.9 Å². The van der Waals surface area contributed by atoms with Crippen molar-refractivity contribution in [1.82, 2.24) is 0 Å². The molecule has 0 aliphatic heterocycles. The van der Waals surface area contributed by atoms with E-state index in [4.69, 9.17) is 0 Å². The summed E-state index contributed by atoms with van der Waals surface area (Å²) in [6.07, 6.45) is 1.76. The minimum absolute atomic E-state index is 0.0500. The van der Waals surface area contributed by atoms with Gasteiger partial charge in [-0.2, -0.15) is 0 Å². The summed E-state index contributed by atoms with van der Waals surface area (Å²) in [6, 6.07) is 10.5. The van der Waals surface area contributed by atoms with Crippen LogP contribution in [-0.4, -0.2) is 0 Å². The minimum atomic E-state index is -0.477. The summed E-state index contributed by atoms with van der Waals surface area (Å²) in [6.45, 7) is 4.11. The molecule has 2 aromatic rings. The number of hydrogen-bond acceptors (Lipinski definition) is 1. The molecule has 0 bridgehead atoms. The Morgan fingerprint density at radius 3 is 2.29 bits per heavy atom. The Kier molecular flexibility index (Phi) is 5.34. The lowest BCUT2D eigenvalue weighted by atomic mass is 10.0. The number of hydrogen-bond donors (Lipinski definition) is 1. The molecule has 0 aliphatic rings. The van der Waals surface area contributed by atoms with Crippen molar-refractivity contribution in [3.63, 3.8) is 0 Å². The Labute approximate surface area is 132 Å². The molecule has 2 aromatic carbocycles. The van der Waals surface area contributed by atoms with Gasteiger partial charge in [-0.3, -0.25) is 0 Å². The maximum absolute atomic E-state index is 13.9. The molecule has 0 saturated heterocycles. The highest BCUT2D eigenvalue weighted by molar-refractivity contribution is 9.10. The molecule has 2 rings (SSSR count). The van der Waals surface area contributed by atoms with E-state index >= 15 is 0 Å². The first-order chi connectivity index (χ1) is 10.0. The van der Waals surface area contributed by atoms with Crippen LogP contribution in [0, 0.1) is 11.6 Å². The van der Waals surface area contributed by atoms with Crippen molar-refractivity contribution in [3.8, 4) is 0 Å². The van der Waals surface area contributed by atoms with Crippen molar-refractivity contribution in [3.05, 3.63) is 63.6 Å². The zero-order chi connectivity index (χ0) is 15.4. The number of nitrogens with one attached hydrogen (secondary N) is 1. The number of halogens is 3. The van der Waals surface area contributed by atoms with Gasteiger partial charge in [-0.25, -0.2) is 8.78 Å². The third-order valence-corrected chi connectivity index (χ3v) is 4.15. The van der Waals surface area contributed by atoms with Crippen LogP contribution in [0.4, 0.5) is 14.5 Å². The second-order valence-electron chi connectivity index (χ2n) is 4.95. The summed E-state index contributed by atoms with van der Waals surface area (Å²) in [5.74, 6) is -0.943. The number of anilines is 1. The minimum Gasteiger partial charge on any atom is -0.376 e. The highest BCUT2D eigenvalue weighted by Crippen LogP contribution is 2.28. The smallest absolute Gasteiger partial charge is 0.147 e. The maximum atomic E-state index is 13.9. The first-order valence-electron chi connectivity index (χ1n) is 7.05. The summed E-state index contributed by atoms with van der Waals surface area (Å²) < 4.78 is 27.6. The van der Waals surface area contributed by atoms with Gasteiger partial charge in [0.25, 0.3) is 0 Å². The van der Waals surface area contributed by atoms with Crippen LogP contribution >= 0.6 is 15.9 Å². The van der Waals surface area contributed by atoms with Gasteiger partial charge in [-0.05, 0) is 46.0 Å². The van der Waals surface area contributed by atoms with Crippen molar-refractivity contribution >= 4 is 21.6 Å². The second kappa shape index (κ2) is 7.03. The molecule has 21 heavy (non-hydrogen) atoms. The van der Waals surface area contributed by atoms with Gasteiger partial charge in [0.05, 0.1) is 16.2 Å². The summed E-state index contributed by atoms with van der Waals surface area (Å²) in [5, 5.41) is 3.08. The van der Waals surface area contributed by atoms with E-state index in [1.54, 1.807) is 0 Å². The Morgan fingerprint density at radius 1 is 1.05 bits per heavy atom. The molecule has 1 unspecified atom stereocenters. The SMILES string of the molecule is CCc1ccc(C(CC)Nc2cc(F)c(Br)cc2F)cc1. The lowest BCUT2D eigenvalue weighted by Gasteiger charge is -2.20. The van der Waals surface area contributed by atoms with Gasteiger partial charge in [-0.1, -0.05) is 38.1 Å². The molecular weight excluding hydrogens is 336 g/mol. The van der Waals surface area contributed by atoms with Crippen molar-refractivity contribution in [1.29, 1.82) is 0 Å². The van der Waals surface area contributed by atoms with Crippen LogP contribution < -0.4 is 5.32 Å². The van der Waals surface area contributed by atoms with E-state index in [1.807, 2.05) is 19.1 Å². The molecule has 0 spiro atoms. The Hall–Kier alpha value is -1.42. The zero-order valence-corrected chi connectivity index (χ0v) is 13.7. The normalized spacial score (nSPS) is 12.2. The largest absolute Gasteiger partial charge is 0.376 e. The zero-order valence-electron chi connectivity index (χ0n) is 12.1. The molecule has 1 nitrogen and oxygen atoms in total. The monoisotopic (exact) mass is 353 g/mol. The van der Waals surface area contributed by atoms with E-state index in [2.05, 4.69) is 40.3 Å². The predicted molar refractivity (Wildman–Crippen MR) is 86.5 cm³/mol. The van der Waals surface area contributed by atoms with Crippen molar-refractivity contribution in [2.75, 3.05) is 5.32 Å². The number of benzene rings is 2. The second-order valence-corrected chi connectivity index (χ2v) is 5.80. The standard InChI is InChI=1S/C17H18BrF2N/c1-3-11-5-7-12(8-6-11)16(4-2)21-17-10-14(19)13(18)9-15(17)20/h5-10,16,21H,3-4H2,1-2H3. The van der Waals surface area contributed by atoms with Gasteiger partial charge in [0, 0.05) is 6.07 Å². The molecule has 112 valence electrons. The van der Waals surface area contributed by atoms with Crippen LogP contribution in [0.3, 0.4) is 0 Å². The van der Waals surface area contributed by atoms with E-state index in [9.17, 15) is 8.78 Å². The molecule has 1 atom stereocenters. The fourth-order valence-corrected chi connectivity index (χ4v) is 2.54. The van der Waals surface area contributed by atoms with Crippen LogP contribution in [0.25, 0.3) is 0 Å². The van der Waals surface area contributed by atoms with Crippen molar-refractivity contribution in [2.24, 2.45) is 0 Å². The summed E-state index contributed by atoms with van der Waals surface area (Å²) >= 11 is 2.98. The Balaban J connectivity index is 2.24. The Bertz CT molecular complexity index is 611. The van der Waals surface area contributed by atoms with Crippen LogP contribution in [-0.2, 0) is 6.42 Å². The topological polar surface area (TPSA) is 12.0 Å². The third kappa shape index (κ3) is 3.82. The lowest BCUT2D eigenvalue weighted by Crippen LogP contribution is -2.11. The Morgan fingerprint density at radius 2 is 1.71 bits per heavy atom. The molecule has 0 amide bonds. The van der Waals surface area contributed by atoms with Crippen molar-refractivity contribution < 1.29 is 8.78 Å². The van der Waals surface area contributed by atoms with Gasteiger partial charge >= 0.3 is 0 Å². The fraction of sp³-hybridized carbons (Fsp3) is 0.294. The van der Waals surface area contributed by atoms with Crippen LogP contribution in [0.2, 0.25) is 0 Å². The summed E-state index contributed by atoms with van der Waals surface area (Å²) in [7, 11) is 0. The molecule has 0 aliphatic carbocycles. The van der Waals surface area contributed by atoms with Gasteiger partial charge < -0.3 is 5.32 Å². The first kappa shape index (κ1) is 16.0. The molecule has 1 N–H and O–H groups in total. The average Bonchev–Trinajstić information content (AvgIpc) is 2.50. The van der Waals surface area contributed by atoms with Gasteiger partial charge in [-0.15, -0.1) is 0 Å². The van der Waals surface area contributed by atoms with E-state index in [0.717, 1.165) is 24.5 Å². The van der Waals surface area contributed by atoms with Crippen LogP contribution in [0.5, 0.6) is 0 Å². The molecule has 0 radical (unpaired) electrons. The summed E-state index contributed by atoms with van der Waals surface area (Å²) in [4.78, 5) is 0. The third-order valence-electron chi connectivity index (χ3n) is 3.54. The average molecular weight is 354 g/mol. The van der Waals surface area contributed by atoms with Gasteiger partial charge in [0.2, 0.25) is 0 Å². The van der Waals surface area contributed by atoms with Crippen molar-refractivity contribution in [2.45, 2.75) is 32.7 Å². The van der Waals surface area contributed by atoms with E-state index < -0.39 is 11.6 Å². The molecule has 0 heterocycles. The van der Waals surface area contributed by atoms with Gasteiger partial charge in [0.15, 0.2) is 0 Å². The fourth-order valence-electron chi connectivity index (χ4n) is 2.23. The molecule has 0 fully saturated rings. The molecular formula is C17H18BrF2N. The van der Waals surface area contributed by atoms with E-state index in [0.29, 0.717) is 0 Å². The molecule has 0 aromatic heterocycles. The maximum Gasteiger partial charge on any atom is 0.147 e. The van der Waals surface area contributed by atoms with Crippen LogP contribution in [0.1, 0.15) is 37.4 Å². The highest BCUT2D eigenvalue weighted by Gasteiger charge is 2.14.